The van der Waals surface area contributed by atoms with Crippen LogP contribution in [0.3, 0.4) is 0 Å². The lowest BCUT2D eigenvalue weighted by molar-refractivity contribution is -0.112. The SMILES string of the molecule is CCOC(=O)c1c(NC(=O)/C(C#N)=C/c2ccc(-c3ccc(C(C)=O)cc3)o2)sc(C)c1C. The van der Waals surface area contributed by atoms with Crippen molar-refractivity contribution in [3.05, 3.63) is 69.3 Å². The predicted molar refractivity (Wildman–Crippen MR) is 126 cm³/mol. The molecule has 0 bridgehead atoms. The fourth-order valence-corrected chi connectivity index (χ4v) is 4.12. The van der Waals surface area contributed by atoms with Crippen molar-refractivity contribution < 1.29 is 23.5 Å². The molecule has 33 heavy (non-hydrogen) atoms. The fraction of sp³-hybridized carbons (Fsp3) is 0.200. The maximum Gasteiger partial charge on any atom is 0.341 e. The molecule has 1 N–H and O–H groups in total. The number of ketones is 1. The predicted octanol–water partition coefficient (Wildman–Crippen LogP) is 5.55. The van der Waals surface area contributed by atoms with E-state index in [0.717, 1.165) is 16.0 Å². The third kappa shape index (κ3) is 5.27. The van der Waals surface area contributed by atoms with Crippen molar-refractivity contribution >= 4 is 40.1 Å². The van der Waals surface area contributed by atoms with Crippen LogP contribution in [0.25, 0.3) is 17.4 Å². The fourth-order valence-electron chi connectivity index (χ4n) is 3.08. The number of rotatable bonds is 7. The molecule has 1 aromatic carbocycles. The molecule has 3 rings (SSSR count). The van der Waals surface area contributed by atoms with E-state index < -0.39 is 11.9 Å². The number of nitrogens with zero attached hydrogens (tertiary/aromatic N) is 1. The summed E-state index contributed by atoms with van der Waals surface area (Å²) in [5.41, 5.74) is 2.18. The van der Waals surface area contributed by atoms with Gasteiger partial charge in [0.25, 0.3) is 5.91 Å². The topological polar surface area (TPSA) is 109 Å². The van der Waals surface area contributed by atoms with Gasteiger partial charge in [-0.1, -0.05) is 24.3 Å². The first-order valence-corrected chi connectivity index (χ1v) is 11.0. The summed E-state index contributed by atoms with van der Waals surface area (Å²) in [6.45, 7) is 7.03. The van der Waals surface area contributed by atoms with Gasteiger partial charge in [-0.05, 0) is 45.4 Å². The van der Waals surface area contributed by atoms with Crippen LogP contribution in [0.1, 0.15) is 50.8 Å². The first-order chi connectivity index (χ1) is 15.7. The summed E-state index contributed by atoms with van der Waals surface area (Å²) in [7, 11) is 0. The first kappa shape index (κ1) is 23.7. The van der Waals surface area contributed by atoms with E-state index in [1.165, 1.54) is 24.3 Å². The molecule has 1 amide bonds. The Balaban J connectivity index is 1.83. The number of Topliss-reactive ketones (excluding diaryl/α,β-unsaturated/α-hetero) is 1. The number of anilines is 1. The Morgan fingerprint density at radius 2 is 1.85 bits per heavy atom. The lowest BCUT2D eigenvalue weighted by Gasteiger charge is -2.06. The molecule has 2 heterocycles. The number of nitrogens with one attached hydrogen (secondary N) is 1. The number of carbonyl (C=O) groups is 3. The van der Waals surface area contributed by atoms with E-state index in [1.807, 2.05) is 13.0 Å². The van der Waals surface area contributed by atoms with Crippen LogP contribution in [0.4, 0.5) is 5.00 Å². The van der Waals surface area contributed by atoms with E-state index in [4.69, 9.17) is 9.15 Å². The monoisotopic (exact) mass is 462 g/mol. The highest BCUT2D eigenvalue weighted by Crippen LogP contribution is 2.33. The lowest BCUT2D eigenvalue weighted by atomic mass is 10.1. The molecule has 0 aliphatic carbocycles. The van der Waals surface area contributed by atoms with Crippen LogP contribution in [0.5, 0.6) is 0 Å². The summed E-state index contributed by atoms with van der Waals surface area (Å²) >= 11 is 1.25. The molecule has 168 valence electrons. The smallest absolute Gasteiger partial charge is 0.341 e. The second kappa shape index (κ2) is 10.1. The minimum atomic E-state index is -0.659. The number of furan rings is 1. The molecule has 0 fully saturated rings. The average molecular weight is 463 g/mol. The van der Waals surface area contributed by atoms with Crippen LogP contribution in [-0.4, -0.2) is 24.3 Å². The van der Waals surface area contributed by atoms with Gasteiger partial charge in [-0.2, -0.15) is 5.26 Å². The van der Waals surface area contributed by atoms with Gasteiger partial charge < -0.3 is 14.5 Å². The molecular weight excluding hydrogens is 440 g/mol. The zero-order valence-electron chi connectivity index (χ0n) is 18.6. The van der Waals surface area contributed by atoms with Gasteiger partial charge in [-0.25, -0.2) is 4.79 Å². The van der Waals surface area contributed by atoms with Crippen molar-refractivity contribution in [3.8, 4) is 17.4 Å². The van der Waals surface area contributed by atoms with E-state index in [9.17, 15) is 19.6 Å². The minimum Gasteiger partial charge on any atom is -0.462 e. The quantitative estimate of drug-likeness (QED) is 0.213. The normalized spacial score (nSPS) is 11.1. The maximum absolute atomic E-state index is 12.8. The summed E-state index contributed by atoms with van der Waals surface area (Å²) in [6.07, 6.45) is 1.33. The summed E-state index contributed by atoms with van der Waals surface area (Å²) in [6, 6.07) is 12.2. The van der Waals surface area contributed by atoms with Crippen LogP contribution in [-0.2, 0) is 9.53 Å². The highest BCUT2D eigenvalue weighted by Gasteiger charge is 2.23. The Morgan fingerprint density at radius 1 is 1.15 bits per heavy atom. The van der Waals surface area contributed by atoms with E-state index in [2.05, 4.69) is 5.32 Å². The van der Waals surface area contributed by atoms with E-state index in [0.29, 0.717) is 27.6 Å². The van der Waals surface area contributed by atoms with Crippen LogP contribution >= 0.6 is 11.3 Å². The lowest BCUT2D eigenvalue weighted by Crippen LogP contribution is -2.16. The second-order valence-electron chi connectivity index (χ2n) is 7.17. The molecule has 0 spiro atoms. The summed E-state index contributed by atoms with van der Waals surface area (Å²) in [5, 5.41) is 12.5. The molecule has 0 atom stereocenters. The van der Waals surface area contributed by atoms with Gasteiger partial charge >= 0.3 is 5.97 Å². The Kier molecular flexibility index (Phi) is 7.26. The van der Waals surface area contributed by atoms with Gasteiger partial charge in [-0.3, -0.25) is 9.59 Å². The van der Waals surface area contributed by atoms with Gasteiger partial charge in [0.15, 0.2) is 5.78 Å². The summed E-state index contributed by atoms with van der Waals surface area (Å²) < 4.78 is 10.9. The van der Waals surface area contributed by atoms with Crippen molar-refractivity contribution in [2.45, 2.75) is 27.7 Å². The van der Waals surface area contributed by atoms with Gasteiger partial charge in [0.2, 0.25) is 0 Å². The number of nitriles is 1. The Hall–Kier alpha value is -3.96. The average Bonchev–Trinajstić information content (AvgIpc) is 3.36. The molecule has 8 heteroatoms. The number of esters is 1. The Bertz CT molecular complexity index is 1290. The second-order valence-corrected chi connectivity index (χ2v) is 8.39. The molecule has 0 saturated heterocycles. The number of amides is 1. The molecule has 2 aromatic heterocycles. The number of hydrogen-bond donors (Lipinski definition) is 1. The van der Waals surface area contributed by atoms with Crippen LogP contribution in [0, 0.1) is 25.2 Å². The molecule has 0 saturated carbocycles. The summed E-state index contributed by atoms with van der Waals surface area (Å²) in [4.78, 5) is 37.4. The summed E-state index contributed by atoms with van der Waals surface area (Å²) in [5.74, 6) is -0.368. The number of aryl methyl sites for hydroxylation is 1. The van der Waals surface area contributed by atoms with E-state index in [1.54, 1.807) is 50.2 Å². The van der Waals surface area contributed by atoms with Crippen molar-refractivity contribution in [1.82, 2.24) is 0 Å². The number of ether oxygens (including phenoxy) is 1. The zero-order chi connectivity index (χ0) is 24.1. The first-order valence-electron chi connectivity index (χ1n) is 10.2. The Morgan fingerprint density at radius 3 is 2.45 bits per heavy atom. The molecule has 0 radical (unpaired) electrons. The van der Waals surface area contributed by atoms with Crippen LogP contribution in [0.2, 0.25) is 0 Å². The van der Waals surface area contributed by atoms with Crippen LogP contribution < -0.4 is 5.32 Å². The number of thiophene rings is 1. The van der Waals surface area contributed by atoms with Crippen molar-refractivity contribution in [2.75, 3.05) is 11.9 Å². The minimum absolute atomic E-state index is 0.0310. The van der Waals surface area contributed by atoms with Gasteiger partial charge in [-0.15, -0.1) is 11.3 Å². The van der Waals surface area contributed by atoms with Crippen molar-refractivity contribution in [1.29, 1.82) is 5.26 Å². The Labute approximate surface area is 195 Å². The van der Waals surface area contributed by atoms with Crippen LogP contribution in [0.15, 0.2) is 46.4 Å². The molecular formula is C25H22N2O5S. The number of benzene rings is 1. The largest absolute Gasteiger partial charge is 0.462 e. The third-order valence-corrected chi connectivity index (χ3v) is 6.07. The third-order valence-electron chi connectivity index (χ3n) is 4.95. The number of carbonyl (C=O) groups excluding carboxylic acids is 3. The van der Waals surface area contributed by atoms with Gasteiger partial charge in [0.05, 0.1) is 12.2 Å². The number of hydrogen-bond acceptors (Lipinski definition) is 7. The standard InChI is InChI=1S/C25H22N2O5S/c1-5-31-25(30)22-14(2)16(4)33-24(22)27-23(29)19(13-26)12-20-10-11-21(32-20)18-8-6-17(7-9-18)15(3)28/h6-12H,5H2,1-4H3,(H,27,29)/b19-12+. The van der Waals surface area contributed by atoms with Crippen molar-refractivity contribution in [2.24, 2.45) is 0 Å². The zero-order valence-corrected chi connectivity index (χ0v) is 19.5. The van der Waals surface area contributed by atoms with E-state index >= 15 is 0 Å². The van der Waals surface area contributed by atoms with Gasteiger partial charge in [0, 0.05) is 22.1 Å². The highest BCUT2D eigenvalue weighted by atomic mass is 32.1. The highest BCUT2D eigenvalue weighted by molar-refractivity contribution is 7.16. The van der Waals surface area contributed by atoms with Gasteiger partial charge in [0.1, 0.15) is 28.2 Å². The molecule has 7 nitrogen and oxygen atoms in total. The maximum atomic E-state index is 12.8. The molecule has 0 unspecified atom stereocenters. The van der Waals surface area contributed by atoms with Crippen molar-refractivity contribution in [3.63, 3.8) is 0 Å². The molecule has 0 aliphatic rings. The molecule has 0 aliphatic heterocycles. The van der Waals surface area contributed by atoms with E-state index in [-0.39, 0.29) is 18.0 Å². The molecule has 3 aromatic rings.